The predicted octanol–water partition coefficient (Wildman–Crippen LogP) is 3.75. The molecule has 2 saturated heterocycles. The van der Waals surface area contributed by atoms with Gasteiger partial charge in [-0.3, -0.25) is 14.5 Å². The van der Waals surface area contributed by atoms with Crippen molar-refractivity contribution in [3.05, 3.63) is 64.7 Å². The van der Waals surface area contributed by atoms with Gasteiger partial charge in [0.1, 0.15) is 11.5 Å². The molecule has 5 atom stereocenters. The summed E-state index contributed by atoms with van der Waals surface area (Å²) in [5.41, 5.74) is 2.51. The summed E-state index contributed by atoms with van der Waals surface area (Å²) < 4.78 is 5.99. The van der Waals surface area contributed by atoms with E-state index in [2.05, 4.69) is 21.3 Å². The second-order valence-electron chi connectivity index (χ2n) is 10.7. The average Bonchev–Trinajstić information content (AvgIpc) is 3.50. The lowest BCUT2D eigenvalue weighted by Crippen LogP contribution is -2.62. The Labute approximate surface area is 232 Å². The van der Waals surface area contributed by atoms with Crippen LogP contribution >= 0.6 is 11.8 Å². The number of para-hydroxylation sites is 1. The van der Waals surface area contributed by atoms with Crippen LogP contribution in [0.25, 0.3) is 0 Å². The summed E-state index contributed by atoms with van der Waals surface area (Å²) in [4.78, 5) is 40.8. The number of nitrogens with zero attached hydrogens (tertiary/aromatic N) is 1. The van der Waals surface area contributed by atoms with E-state index in [0.29, 0.717) is 10.7 Å². The molecule has 3 unspecified atom stereocenters. The number of hydrogen-bond acceptors (Lipinski definition) is 6. The van der Waals surface area contributed by atoms with Crippen molar-refractivity contribution in [1.29, 1.82) is 0 Å². The van der Waals surface area contributed by atoms with Crippen LogP contribution in [-0.2, 0) is 9.59 Å². The molecule has 4 aliphatic rings. The lowest BCUT2D eigenvalue weighted by atomic mass is 9.86. The molecule has 0 radical (unpaired) electrons. The van der Waals surface area contributed by atoms with E-state index in [0.717, 1.165) is 54.9 Å². The molecule has 1 aliphatic carbocycles. The number of rotatable bonds is 6. The monoisotopic (exact) mass is 547 g/mol. The van der Waals surface area contributed by atoms with Gasteiger partial charge in [0.05, 0.1) is 16.3 Å². The Morgan fingerprint density at radius 2 is 1.79 bits per heavy atom. The normalized spacial score (nSPS) is 27.6. The Bertz CT molecular complexity index is 1330. The van der Waals surface area contributed by atoms with Crippen molar-refractivity contribution < 1.29 is 19.1 Å². The maximum absolute atomic E-state index is 13.6. The van der Waals surface area contributed by atoms with Gasteiger partial charge in [0.15, 0.2) is 0 Å². The van der Waals surface area contributed by atoms with E-state index >= 15 is 0 Å². The number of ether oxygens (including phenoxy) is 1. The van der Waals surface area contributed by atoms with E-state index in [1.807, 2.05) is 60.4 Å². The number of carbonyl (C=O) groups is 3. The number of benzene rings is 2. The van der Waals surface area contributed by atoms with Crippen LogP contribution in [0.5, 0.6) is 11.5 Å². The number of nitrogens with one attached hydrogen (secondary N) is 4. The molecule has 0 aromatic heterocycles. The van der Waals surface area contributed by atoms with Gasteiger partial charge in [-0.2, -0.15) is 0 Å². The van der Waals surface area contributed by atoms with Crippen LogP contribution in [0.4, 0.5) is 10.5 Å². The molecule has 4 amide bonds. The smallest absolute Gasteiger partial charge is 0.326 e. The molecule has 10 heteroatoms. The fourth-order valence-corrected chi connectivity index (χ4v) is 7.67. The molecule has 1 saturated carbocycles. The SMILES string of the molecule is CC(=O)N[C@H]1CC[C@@H](NC(=O)C2=C3NC(=O)N(c4ccc(Oc5ccccc5)cc4C)C4CCNC(S2)C34)C1. The van der Waals surface area contributed by atoms with E-state index in [1.165, 1.54) is 18.7 Å². The summed E-state index contributed by atoms with van der Waals surface area (Å²) in [6.45, 7) is 4.27. The minimum atomic E-state index is -0.217. The van der Waals surface area contributed by atoms with E-state index in [1.54, 1.807) is 0 Å². The number of thioether (sulfide) groups is 1. The molecule has 0 bridgehead atoms. The molecule has 9 nitrogen and oxygen atoms in total. The fourth-order valence-electron chi connectivity index (χ4n) is 6.27. The van der Waals surface area contributed by atoms with Crippen molar-refractivity contribution in [2.45, 2.75) is 63.0 Å². The van der Waals surface area contributed by atoms with Crippen molar-refractivity contribution in [2.75, 3.05) is 11.4 Å². The van der Waals surface area contributed by atoms with Crippen molar-refractivity contribution >= 4 is 35.3 Å². The zero-order valence-corrected chi connectivity index (χ0v) is 22.8. The highest BCUT2D eigenvalue weighted by Gasteiger charge is 2.52. The molecule has 2 aromatic rings. The van der Waals surface area contributed by atoms with E-state index in [4.69, 9.17) is 4.74 Å². The minimum absolute atomic E-state index is 0.00416. The summed E-state index contributed by atoms with van der Waals surface area (Å²) in [6, 6.07) is 15.2. The van der Waals surface area contributed by atoms with Crippen LogP contribution < -0.4 is 30.9 Å². The van der Waals surface area contributed by atoms with Crippen LogP contribution in [0.1, 0.15) is 38.2 Å². The van der Waals surface area contributed by atoms with Gasteiger partial charge < -0.3 is 26.0 Å². The lowest BCUT2D eigenvalue weighted by Gasteiger charge is -2.46. The van der Waals surface area contributed by atoms with Crippen molar-refractivity contribution in [1.82, 2.24) is 21.3 Å². The Kier molecular flexibility index (Phi) is 6.99. The Balaban J connectivity index is 1.21. The maximum Gasteiger partial charge on any atom is 0.326 e. The van der Waals surface area contributed by atoms with Crippen LogP contribution in [0.15, 0.2) is 59.1 Å². The van der Waals surface area contributed by atoms with Crippen LogP contribution in [-0.4, -0.2) is 47.9 Å². The van der Waals surface area contributed by atoms with Crippen molar-refractivity contribution in [3.8, 4) is 11.5 Å². The van der Waals surface area contributed by atoms with Crippen molar-refractivity contribution in [2.24, 2.45) is 5.92 Å². The second kappa shape index (κ2) is 10.6. The standard InChI is InChI=1S/C29H33N5O4S/c1-16-14-21(38-20-6-4-3-5-7-20)10-11-22(16)34-23-12-13-30-28-24(23)25(33-29(34)37)26(39-28)27(36)32-19-9-8-18(15-19)31-17(2)35/h3-7,10-11,14,18-19,23-24,28,30H,8-9,12-13,15H2,1-2H3,(H,31,35)(H,32,36)(H,33,37)/t18-,19+,23?,24?,28?/m0/s1. The predicted molar refractivity (Wildman–Crippen MR) is 150 cm³/mol. The second-order valence-corrected chi connectivity index (χ2v) is 11.8. The molecular formula is C29H33N5O4S. The third-order valence-corrected chi connectivity index (χ3v) is 9.28. The number of piperidine rings is 1. The van der Waals surface area contributed by atoms with Gasteiger partial charge >= 0.3 is 6.03 Å². The maximum atomic E-state index is 13.6. The first kappa shape index (κ1) is 25.8. The fraction of sp³-hybridized carbons (Fsp3) is 0.414. The summed E-state index contributed by atoms with van der Waals surface area (Å²) >= 11 is 1.51. The number of urea groups is 1. The summed E-state index contributed by atoms with van der Waals surface area (Å²) in [7, 11) is 0. The van der Waals surface area contributed by atoms with Gasteiger partial charge in [-0.25, -0.2) is 4.79 Å². The van der Waals surface area contributed by atoms with Crippen LogP contribution in [0.3, 0.4) is 0 Å². The number of amides is 4. The number of aryl methyl sites for hydroxylation is 1. The summed E-state index contributed by atoms with van der Waals surface area (Å²) in [5, 5.41) is 12.8. The Hall–Kier alpha value is -3.50. The van der Waals surface area contributed by atoms with E-state index in [9.17, 15) is 14.4 Å². The molecular weight excluding hydrogens is 514 g/mol. The first-order valence-electron chi connectivity index (χ1n) is 13.5. The minimum Gasteiger partial charge on any atom is -0.457 e. The first-order chi connectivity index (χ1) is 18.9. The third-order valence-electron chi connectivity index (χ3n) is 7.93. The number of carbonyl (C=O) groups excluding carboxylic acids is 3. The number of anilines is 1. The zero-order valence-electron chi connectivity index (χ0n) is 22.0. The van der Waals surface area contributed by atoms with Crippen LogP contribution in [0, 0.1) is 12.8 Å². The number of hydrogen-bond donors (Lipinski definition) is 4. The van der Waals surface area contributed by atoms with E-state index < -0.39 is 0 Å². The Morgan fingerprint density at radius 1 is 1.03 bits per heavy atom. The molecule has 0 spiro atoms. The first-order valence-corrected chi connectivity index (χ1v) is 14.4. The van der Waals surface area contributed by atoms with Crippen molar-refractivity contribution in [3.63, 3.8) is 0 Å². The highest BCUT2D eigenvalue weighted by atomic mass is 32.2. The Morgan fingerprint density at radius 3 is 2.54 bits per heavy atom. The van der Waals surface area contributed by atoms with Gasteiger partial charge in [-0.1, -0.05) is 30.0 Å². The highest BCUT2D eigenvalue weighted by molar-refractivity contribution is 8.04. The molecule has 4 N–H and O–H groups in total. The third kappa shape index (κ3) is 5.10. The van der Waals surface area contributed by atoms with Crippen LogP contribution in [0.2, 0.25) is 0 Å². The molecule has 3 aliphatic heterocycles. The summed E-state index contributed by atoms with van der Waals surface area (Å²) in [5.74, 6) is 1.26. The average molecular weight is 548 g/mol. The molecule has 3 heterocycles. The molecule has 39 heavy (non-hydrogen) atoms. The highest BCUT2D eigenvalue weighted by Crippen LogP contribution is 2.48. The van der Waals surface area contributed by atoms with Gasteiger partial charge in [0.2, 0.25) is 5.91 Å². The largest absolute Gasteiger partial charge is 0.457 e. The lowest BCUT2D eigenvalue weighted by molar-refractivity contribution is -0.119. The molecule has 204 valence electrons. The van der Waals surface area contributed by atoms with Gasteiger partial charge in [0.25, 0.3) is 5.91 Å². The zero-order chi connectivity index (χ0) is 27.1. The summed E-state index contributed by atoms with van der Waals surface area (Å²) in [6.07, 6.45) is 3.17. The molecule has 6 rings (SSSR count). The quantitative estimate of drug-likeness (QED) is 0.438. The van der Waals surface area contributed by atoms with Gasteiger partial charge in [-0.05, 0) is 75.0 Å². The topological polar surface area (TPSA) is 112 Å². The van der Waals surface area contributed by atoms with E-state index in [-0.39, 0.29) is 47.3 Å². The van der Waals surface area contributed by atoms with Gasteiger partial charge in [-0.15, -0.1) is 0 Å². The molecule has 3 fully saturated rings. The van der Waals surface area contributed by atoms with Gasteiger partial charge in [0, 0.05) is 36.3 Å². The molecule has 2 aromatic carbocycles.